The van der Waals surface area contributed by atoms with E-state index in [1.165, 1.54) is 6.42 Å². The minimum atomic E-state index is -0.503. The summed E-state index contributed by atoms with van der Waals surface area (Å²) in [5.41, 5.74) is 1.00. The molecule has 7 nitrogen and oxygen atoms in total. The van der Waals surface area contributed by atoms with Gasteiger partial charge in [0.1, 0.15) is 0 Å². The number of anilines is 2. The first kappa shape index (κ1) is 19.7. The molecule has 8 heteroatoms. The zero-order chi connectivity index (χ0) is 20.4. The summed E-state index contributed by atoms with van der Waals surface area (Å²) >= 11 is 3.37. The van der Waals surface area contributed by atoms with E-state index in [-0.39, 0.29) is 22.9 Å². The van der Waals surface area contributed by atoms with Gasteiger partial charge in [-0.3, -0.25) is 9.69 Å². The highest BCUT2D eigenvalue weighted by Crippen LogP contribution is 2.30. The molecule has 0 radical (unpaired) electrons. The van der Waals surface area contributed by atoms with E-state index >= 15 is 0 Å². The number of phenols is 1. The first-order valence-corrected chi connectivity index (χ1v) is 10.5. The predicted octanol–water partition coefficient (Wildman–Crippen LogP) is 3.72. The Balaban J connectivity index is 1.46. The Morgan fingerprint density at radius 3 is 2.59 bits per heavy atom. The molecule has 2 aliphatic heterocycles. The molecule has 2 heterocycles. The van der Waals surface area contributed by atoms with Crippen LogP contribution < -0.4 is 10.6 Å². The van der Waals surface area contributed by atoms with E-state index in [4.69, 9.17) is 0 Å². The second-order valence-electron chi connectivity index (χ2n) is 7.34. The third-order valence-corrected chi connectivity index (χ3v) is 6.20. The number of piperazine rings is 1. The van der Waals surface area contributed by atoms with Crippen LogP contribution in [0, 0.1) is 0 Å². The summed E-state index contributed by atoms with van der Waals surface area (Å²) in [6.07, 6.45) is 2.27. The highest BCUT2D eigenvalue weighted by molar-refractivity contribution is 9.10. The fourth-order valence-corrected chi connectivity index (χ4v) is 4.39. The molecule has 1 atom stereocenters. The Morgan fingerprint density at radius 2 is 1.76 bits per heavy atom. The monoisotopic (exact) mass is 458 g/mol. The van der Waals surface area contributed by atoms with Gasteiger partial charge in [0, 0.05) is 30.1 Å². The molecular formula is C21H23BrN4O3. The number of phenolic OH excluding ortho intramolecular Hbond substituents is 1. The van der Waals surface area contributed by atoms with Crippen molar-refractivity contribution in [1.29, 1.82) is 0 Å². The van der Waals surface area contributed by atoms with Crippen LogP contribution in [0.25, 0.3) is 0 Å². The van der Waals surface area contributed by atoms with Gasteiger partial charge < -0.3 is 20.6 Å². The van der Waals surface area contributed by atoms with E-state index in [0.717, 1.165) is 24.0 Å². The summed E-state index contributed by atoms with van der Waals surface area (Å²) in [5.74, 6) is -0.419. The van der Waals surface area contributed by atoms with Gasteiger partial charge >= 0.3 is 6.03 Å². The lowest BCUT2D eigenvalue weighted by Gasteiger charge is -2.37. The second-order valence-corrected chi connectivity index (χ2v) is 8.20. The number of para-hydroxylation sites is 2. The molecule has 2 aromatic carbocycles. The summed E-state index contributed by atoms with van der Waals surface area (Å²) < 4.78 is 0.745. The number of urea groups is 1. The van der Waals surface area contributed by atoms with Crippen LogP contribution in [0.2, 0.25) is 0 Å². The lowest BCUT2D eigenvalue weighted by atomic mass is 10.1. The number of carbonyl (C=O) groups excluding carboxylic acids is 2. The highest BCUT2D eigenvalue weighted by Gasteiger charge is 2.33. The number of nitrogens with one attached hydrogen (secondary N) is 2. The van der Waals surface area contributed by atoms with Crippen LogP contribution >= 0.6 is 15.9 Å². The Bertz CT molecular complexity index is 936. The fraction of sp³-hybridized carbons (Fsp3) is 0.333. The van der Waals surface area contributed by atoms with Crippen LogP contribution in [-0.4, -0.2) is 59.1 Å². The maximum atomic E-state index is 13.0. The minimum absolute atomic E-state index is 0.194. The molecule has 29 heavy (non-hydrogen) atoms. The lowest BCUT2D eigenvalue weighted by Crippen LogP contribution is -2.52. The summed E-state index contributed by atoms with van der Waals surface area (Å²) in [6, 6.07) is 12.0. The van der Waals surface area contributed by atoms with Crippen LogP contribution in [0.15, 0.2) is 46.9 Å². The van der Waals surface area contributed by atoms with Gasteiger partial charge in [-0.25, -0.2) is 4.79 Å². The zero-order valence-electron chi connectivity index (χ0n) is 15.9. The molecule has 2 saturated heterocycles. The van der Waals surface area contributed by atoms with Gasteiger partial charge in [0.2, 0.25) is 0 Å². The number of nitrogens with zero attached hydrogens (tertiary/aromatic N) is 2. The molecule has 4 rings (SSSR count). The number of rotatable bonds is 3. The van der Waals surface area contributed by atoms with E-state index in [0.29, 0.717) is 24.8 Å². The molecule has 0 aliphatic carbocycles. The summed E-state index contributed by atoms with van der Waals surface area (Å²) in [4.78, 5) is 29.6. The van der Waals surface area contributed by atoms with Gasteiger partial charge in [0.25, 0.3) is 5.91 Å². The first-order valence-electron chi connectivity index (χ1n) is 9.71. The van der Waals surface area contributed by atoms with Crippen molar-refractivity contribution in [3.05, 3.63) is 52.5 Å². The molecule has 0 bridgehead atoms. The predicted molar refractivity (Wildman–Crippen MR) is 115 cm³/mol. The maximum Gasteiger partial charge on any atom is 0.323 e. The molecule has 2 aliphatic rings. The van der Waals surface area contributed by atoms with Gasteiger partial charge in [-0.1, -0.05) is 18.2 Å². The number of aromatic hydroxyl groups is 1. The molecule has 2 aromatic rings. The standard InChI is InChI=1S/C21H23BrN4O3/c22-16-7-1-2-8-17(16)23-21(29)24-18-9-3-6-15(19(18)27)20(28)26-12-11-25-10-4-5-14(25)13-26/h1-3,6-9,14,27H,4-5,10-13H2,(H2,23,24,29)/t14-/m0/s1. The van der Waals surface area contributed by atoms with E-state index in [2.05, 4.69) is 31.5 Å². The average Bonchev–Trinajstić information content (AvgIpc) is 3.19. The average molecular weight is 459 g/mol. The number of hydrogen-bond donors (Lipinski definition) is 3. The number of amides is 3. The van der Waals surface area contributed by atoms with Gasteiger partial charge in [0.05, 0.1) is 16.9 Å². The number of hydrogen-bond acceptors (Lipinski definition) is 4. The third-order valence-electron chi connectivity index (χ3n) is 5.51. The zero-order valence-corrected chi connectivity index (χ0v) is 17.5. The molecule has 0 spiro atoms. The SMILES string of the molecule is O=C(Nc1ccccc1Br)Nc1cccc(C(=O)N2CCN3CCC[C@H]3C2)c1O. The molecule has 3 amide bonds. The number of carbonyl (C=O) groups is 2. The summed E-state index contributed by atoms with van der Waals surface area (Å²) in [5, 5.41) is 16.0. The van der Waals surface area contributed by atoms with E-state index in [9.17, 15) is 14.7 Å². The second kappa shape index (κ2) is 8.42. The van der Waals surface area contributed by atoms with Crippen molar-refractivity contribution >= 4 is 39.2 Å². The Morgan fingerprint density at radius 1 is 1.00 bits per heavy atom. The molecule has 2 fully saturated rings. The number of fused-ring (bicyclic) bond motifs is 1. The number of halogens is 1. The Kier molecular flexibility index (Phi) is 5.73. The largest absolute Gasteiger partial charge is 0.505 e. The molecule has 3 N–H and O–H groups in total. The smallest absolute Gasteiger partial charge is 0.323 e. The molecule has 152 valence electrons. The minimum Gasteiger partial charge on any atom is -0.505 e. The van der Waals surface area contributed by atoms with Crippen LogP contribution in [0.4, 0.5) is 16.2 Å². The van der Waals surface area contributed by atoms with Gasteiger partial charge in [-0.15, -0.1) is 0 Å². The lowest BCUT2D eigenvalue weighted by molar-refractivity contribution is 0.0568. The quantitative estimate of drug-likeness (QED) is 0.611. The molecule has 0 unspecified atom stereocenters. The normalized spacial score (nSPS) is 18.9. The summed E-state index contributed by atoms with van der Waals surface area (Å²) in [6.45, 7) is 3.29. The van der Waals surface area contributed by atoms with E-state index in [1.807, 2.05) is 12.1 Å². The van der Waals surface area contributed by atoms with Gasteiger partial charge in [-0.2, -0.15) is 0 Å². The first-order chi connectivity index (χ1) is 14.0. The van der Waals surface area contributed by atoms with Gasteiger partial charge in [0.15, 0.2) is 5.75 Å². The Labute approximate surface area is 177 Å². The van der Waals surface area contributed by atoms with Gasteiger partial charge in [-0.05, 0) is 59.6 Å². The summed E-state index contributed by atoms with van der Waals surface area (Å²) in [7, 11) is 0. The van der Waals surface area contributed by atoms with Crippen LogP contribution in [0.1, 0.15) is 23.2 Å². The van der Waals surface area contributed by atoms with Crippen molar-refractivity contribution in [2.24, 2.45) is 0 Å². The molecule has 0 saturated carbocycles. The van der Waals surface area contributed by atoms with Crippen molar-refractivity contribution in [1.82, 2.24) is 9.80 Å². The van der Waals surface area contributed by atoms with Crippen molar-refractivity contribution in [3.8, 4) is 5.75 Å². The van der Waals surface area contributed by atoms with Crippen molar-refractivity contribution in [2.75, 3.05) is 36.8 Å². The van der Waals surface area contributed by atoms with Crippen LogP contribution in [0.3, 0.4) is 0 Å². The Hall–Kier alpha value is -2.58. The molecule has 0 aromatic heterocycles. The van der Waals surface area contributed by atoms with E-state index in [1.54, 1.807) is 35.2 Å². The maximum absolute atomic E-state index is 13.0. The van der Waals surface area contributed by atoms with Crippen LogP contribution in [-0.2, 0) is 0 Å². The topological polar surface area (TPSA) is 84.9 Å². The third kappa shape index (κ3) is 4.23. The number of benzene rings is 2. The van der Waals surface area contributed by atoms with Crippen LogP contribution in [0.5, 0.6) is 5.75 Å². The van der Waals surface area contributed by atoms with Crippen molar-refractivity contribution < 1.29 is 14.7 Å². The highest BCUT2D eigenvalue weighted by atomic mass is 79.9. The fourth-order valence-electron chi connectivity index (χ4n) is 4.00. The van der Waals surface area contributed by atoms with E-state index < -0.39 is 6.03 Å². The van der Waals surface area contributed by atoms with Crippen molar-refractivity contribution in [2.45, 2.75) is 18.9 Å². The van der Waals surface area contributed by atoms with Crippen molar-refractivity contribution in [3.63, 3.8) is 0 Å². The molecular weight excluding hydrogens is 436 g/mol.